The van der Waals surface area contributed by atoms with Crippen LogP contribution in [0.4, 0.5) is 0 Å². The van der Waals surface area contributed by atoms with E-state index >= 15 is 0 Å². The van der Waals surface area contributed by atoms with Crippen LogP contribution >= 0.6 is 11.3 Å². The summed E-state index contributed by atoms with van der Waals surface area (Å²) >= 11 is 1.82. The molecule has 0 fully saturated rings. The molecule has 0 aliphatic carbocycles. The van der Waals surface area contributed by atoms with E-state index in [4.69, 9.17) is 0 Å². The van der Waals surface area contributed by atoms with Crippen molar-refractivity contribution in [2.75, 3.05) is 7.05 Å². The largest absolute Gasteiger partial charge is 0.313 e. The van der Waals surface area contributed by atoms with Crippen molar-refractivity contribution in [1.29, 1.82) is 0 Å². The highest BCUT2D eigenvalue weighted by Gasteiger charge is 2.15. The van der Waals surface area contributed by atoms with Crippen molar-refractivity contribution < 1.29 is 0 Å². The molecule has 0 bridgehead atoms. The SMILES string of the molecule is CNC(Cc1csc2ccccc12)c1cccnc1C. The lowest BCUT2D eigenvalue weighted by Gasteiger charge is -2.18. The number of nitrogens with one attached hydrogen (secondary N) is 1. The van der Waals surface area contributed by atoms with Crippen LogP contribution in [0.3, 0.4) is 0 Å². The summed E-state index contributed by atoms with van der Waals surface area (Å²) in [4.78, 5) is 4.40. The summed E-state index contributed by atoms with van der Waals surface area (Å²) < 4.78 is 1.36. The van der Waals surface area contributed by atoms with Crippen molar-refractivity contribution in [3.8, 4) is 0 Å². The van der Waals surface area contributed by atoms with E-state index in [1.54, 1.807) is 0 Å². The zero-order chi connectivity index (χ0) is 13.9. The van der Waals surface area contributed by atoms with Crippen molar-refractivity contribution >= 4 is 21.4 Å². The average molecular weight is 282 g/mol. The number of hydrogen-bond acceptors (Lipinski definition) is 3. The Morgan fingerprint density at radius 3 is 2.85 bits per heavy atom. The molecule has 3 rings (SSSR count). The van der Waals surface area contributed by atoms with Gasteiger partial charge in [0, 0.05) is 22.6 Å². The quantitative estimate of drug-likeness (QED) is 0.779. The molecule has 3 heteroatoms. The Bertz CT molecular complexity index is 718. The van der Waals surface area contributed by atoms with Gasteiger partial charge in [0.05, 0.1) is 0 Å². The molecule has 102 valence electrons. The second kappa shape index (κ2) is 5.73. The number of fused-ring (bicyclic) bond motifs is 1. The molecule has 2 aromatic heterocycles. The van der Waals surface area contributed by atoms with Gasteiger partial charge in [0.2, 0.25) is 0 Å². The zero-order valence-corrected chi connectivity index (χ0v) is 12.6. The summed E-state index contributed by atoms with van der Waals surface area (Å²) in [7, 11) is 2.02. The van der Waals surface area contributed by atoms with Gasteiger partial charge in [0.1, 0.15) is 0 Å². The third kappa shape index (κ3) is 2.47. The molecule has 0 spiro atoms. The van der Waals surface area contributed by atoms with E-state index in [1.165, 1.54) is 21.2 Å². The van der Waals surface area contributed by atoms with Gasteiger partial charge in [-0.3, -0.25) is 4.98 Å². The van der Waals surface area contributed by atoms with Crippen LogP contribution in [-0.4, -0.2) is 12.0 Å². The highest BCUT2D eigenvalue weighted by molar-refractivity contribution is 7.17. The van der Waals surface area contributed by atoms with Crippen molar-refractivity contribution in [3.63, 3.8) is 0 Å². The van der Waals surface area contributed by atoms with Crippen LogP contribution in [0.5, 0.6) is 0 Å². The Balaban J connectivity index is 1.94. The minimum Gasteiger partial charge on any atom is -0.313 e. The first kappa shape index (κ1) is 13.3. The number of nitrogens with zero attached hydrogens (tertiary/aromatic N) is 1. The Morgan fingerprint density at radius 1 is 1.20 bits per heavy atom. The number of rotatable bonds is 4. The summed E-state index contributed by atoms with van der Waals surface area (Å²) in [6.45, 7) is 2.07. The standard InChI is InChI=1S/C17H18N2S/c1-12-14(7-5-9-19-12)16(18-2)10-13-11-20-17-8-4-3-6-15(13)17/h3-9,11,16,18H,10H2,1-2H3. The Morgan fingerprint density at radius 2 is 2.05 bits per heavy atom. The molecule has 0 aliphatic heterocycles. The molecular weight excluding hydrogens is 264 g/mol. The smallest absolute Gasteiger partial charge is 0.0420 e. The van der Waals surface area contributed by atoms with Crippen LogP contribution < -0.4 is 5.32 Å². The average Bonchev–Trinajstić information content (AvgIpc) is 2.89. The molecule has 20 heavy (non-hydrogen) atoms. The highest BCUT2D eigenvalue weighted by Crippen LogP contribution is 2.29. The fourth-order valence-corrected chi connectivity index (χ4v) is 3.62. The fraction of sp³-hybridized carbons (Fsp3) is 0.235. The molecule has 0 saturated carbocycles. The third-order valence-corrected chi connectivity index (χ3v) is 4.77. The summed E-state index contributed by atoms with van der Waals surface area (Å²) in [5.74, 6) is 0. The van der Waals surface area contributed by atoms with Gasteiger partial charge in [-0.1, -0.05) is 24.3 Å². The Hall–Kier alpha value is -1.71. The van der Waals surface area contributed by atoms with Gasteiger partial charge in [-0.05, 0) is 54.4 Å². The summed E-state index contributed by atoms with van der Waals surface area (Å²) in [5, 5.41) is 7.08. The summed E-state index contributed by atoms with van der Waals surface area (Å²) in [5.41, 5.74) is 3.80. The lowest BCUT2D eigenvalue weighted by Crippen LogP contribution is -2.20. The second-order valence-corrected chi connectivity index (χ2v) is 5.89. The monoisotopic (exact) mass is 282 g/mol. The maximum Gasteiger partial charge on any atom is 0.0420 e. The van der Waals surface area contributed by atoms with Crippen molar-refractivity contribution in [2.24, 2.45) is 0 Å². The zero-order valence-electron chi connectivity index (χ0n) is 11.8. The lowest BCUT2D eigenvalue weighted by molar-refractivity contribution is 0.588. The normalized spacial score (nSPS) is 12.7. The van der Waals surface area contributed by atoms with Gasteiger partial charge in [0.15, 0.2) is 0 Å². The van der Waals surface area contributed by atoms with Gasteiger partial charge in [0.25, 0.3) is 0 Å². The molecule has 0 radical (unpaired) electrons. The molecule has 3 aromatic rings. The number of aryl methyl sites for hydroxylation is 1. The maximum absolute atomic E-state index is 4.40. The van der Waals surface area contributed by atoms with Crippen LogP contribution in [-0.2, 0) is 6.42 Å². The fourth-order valence-electron chi connectivity index (χ4n) is 2.64. The molecule has 1 N–H and O–H groups in total. The van der Waals surface area contributed by atoms with Crippen LogP contribution in [0.15, 0.2) is 48.0 Å². The first-order valence-corrected chi connectivity index (χ1v) is 7.71. The predicted octanol–water partition coefficient (Wildman–Crippen LogP) is 4.11. The molecule has 1 atom stereocenters. The second-order valence-electron chi connectivity index (χ2n) is 4.98. The molecule has 0 amide bonds. The Labute approximate surface area is 123 Å². The molecule has 0 saturated heterocycles. The maximum atomic E-state index is 4.40. The number of thiophene rings is 1. The van der Waals surface area contributed by atoms with Gasteiger partial charge in [-0.25, -0.2) is 0 Å². The predicted molar refractivity (Wildman–Crippen MR) is 86.3 cm³/mol. The van der Waals surface area contributed by atoms with Crippen LogP contribution in [0, 0.1) is 6.92 Å². The lowest BCUT2D eigenvalue weighted by atomic mass is 9.98. The number of pyridine rings is 1. The molecule has 2 nitrogen and oxygen atoms in total. The molecular formula is C17H18N2S. The van der Waals surface area contributed by atoms with Gasteiger partial charge < -0.3 is 5.32 Å². The topological polar surface area (TPSA) is 24.9 Å². The number of benzene rings is 1. The van der Waals surface area contributed by atoms with Gasteiger partial charge in [-0.2, -0.15) is 0 Å². The van der Waals surface area contributed by atoms with E-state index in [2.05, 4.69) is 52.9 Å². The first-order valence-electron chi connectivity index (χ1n) is 6.83. The van der Waals surface area contributed by atoms with Crippen LogP contribution in [0.2, 0.25) is 0 Å². The Kier molecular flexibility index (Phi) is 3.81. The minimum absolute atomic E-state index is 0.307. The molecule has 2 heterocycles. The summed E-state index contributed by atoms with van der Waals surface area (Å²) in [6, 6.07) is 13.1. The van der Waals surface area contributed by atoms with E-state index in [0.717, 1.165) is 12.1 Å². The number of likely N-dealkylation sites (N-methyl/N-ethyl adjacent to an activating group) is 1. The van der Waals surface area contributed by atoms with Crippen molar-refractivity contribution in [3.05, 3.63) is 64.8 Å². The number of aromatic nitrogens is 1. The molecule has 0 aliphatic rings. The highest BCUT2D eigenvalue weighted by atomic mass is 32.1. The van der Waals surface area contributed by atoms with Crippen LogP contribution in [0.1, 0.15) is 22.9 Å². The van der Waals surface area contributed by atoms with E-state index in [9.17, 15) is 0 Å². The number of hydrogen-bond donors (Lipinski definition) is 1. The van der Waals surface area contributed by atoms with Crippen molar-refractivity contribution in [1.82, 2.24) is 10.3 Å². The molecule has 1 unspecified atom stereocenters. The van der Waals surface area contributed by atoms with Gasteiger partial charge >= 0.3 is 0 Å². The molecule has 1 aromatic carbocycles. The third-order valence-electron chi connectivity index (χ3n) is 3.76. The van der Waals surface area contributed by atoms with E-state index in [1.807, 2.05) is 30.6 Å². The van der Waals surface area contributed by atoms with Gasteiger partial charge in [-0.15, -0.1) is 11.3 Å². The van der Waals surface area contributed by atoms with E-state index in [-0.39, 0.29) is 0 Å². The minimum atomic E-state index is 0.307. The van der Waals surface area contributed by atoms with Crippen molar-refractivity contribution in [2.45, 2.75) is 19.4 Å². The van der Waals surface area contributed by atoms with Crippen LogP contribution in [0.25, 0.3) is 10.1 Å². The first-order chi connectivity index (χ1) is 9.79. The van der Waals surface area contributed by atoms with E-state index < -0.39 is 0 Å². The van der Waals surface area contributed by atoms with E-state index in [0.29, 0.717) is 6.04 Å². The summed E-state index contributed by atoms with van der Waals surface area (Å²) in [6.07, 6.45) is 2.85.